The van der Waals surface area contributed by atoms with Gasteiger partial charge in [-0.05, 0) is 18.2 Å². The SMILES string of the molecule is N#CCSc1n[nH]c(NN=Cc2cc(Cl)ccc2O)n1. The van der Waals surface area contributed by atoms with Crippen molar-refractivity contribution in [2.45, 2.75) is 5.16 Å². The number of rotatable bonds is 5. The first-order valence-electron chi connectivity index (χ1n) is 5.39. The third kappa shape index (κ3) is 3.88. The molecule has 20 heavy (non-hydrogen) atoms. The summed E-state index contributed by atoms with van der Waals surface area (Å²) in [7, 11) is 0. The average molecular weight is 309 g/mol. The summed E-state index contributed by atoms with van der Waals surface area (Å²) in [5, 5.41) is 29.4. The number of hydrazone groups is 1. The second-order valence-corrected chi connectivity index (χ2v) is 4.87. The maximum absolute atomic E-state index is 9.59. The molecule has 1 aromatic heterocycles. The van der Waals surface area contributed by atoms with Gasteiger partial charge in [0, 0.05) is 10.6 Å². The Balaban J connectivity index is 1.97. The summed E-state index contributed by atoms with van der Waals surface area (Å²) in [5.74, 6) is 0.683. The number of benzene rings is 1. The fraction of sp³-hybridized carbons (Fsp3) is 0.0909. The summed E-state index contributed by atoms with van der Waals surface area (Å²) < 4.78 is 0. The number of aromatic hydroxyl groups is 1. The number of phenolic OH excluding ortho intramolecular Hbond substituents is 1. The van der Waals surface area contributed by atoms with E-state index in [1.807, 2.05) is 6.07 Å². The van der Waals surface area contributed by atoms with Gasteiger partial charge in [0.15, 0.2) is 0 Å². The Hall–Kier alpha value is -2.24. The van der Waals surface area contributed by atoms with Crippen LogP contribution in [0, 0.1) is 11.3 Å². The second-order valence-electron chi connectivity index (χ2n) is 3.49. The van der Waals surface area contributed by atoms with Gasteiger partial charge in [-0.25, -0.2) is 10.5 Å². The summed E-state index contributed by atoms with van der Waals surface area (Å²) in [5.41, 5.74) is 3.10. The Morgan fingerprint density at radius 1 is 1.60 bits per heavy atom. The van der Waals surface area contributed by atoms with Gasteiger partial charge in [-0.3, -0.25) is 0 Å². The molecule has 1 heterocycles. The lowest BCUT2D eigenvalue weighted by atomic mass is 10.2. The molecule has 0 radical (unpaired) electrons. The standard InChI is InChI=1S/C11H9ClN6OS/c12-8-1-2-9(19)7(5-8)6-14-16-10-15-11(18-17-10)20-4-3-13/h1-2,5-6,19H,4H2,(H2,15,16,17,18). The molecule has 2 rings (SSSR count). The molecule has 0 saturated heterocycles. The van der Waals surface area contributed by atoms with Crippen molar-refractivity contribution in [3.8, 4) is 11.8 Å². The predicted molar refractivity (Wildman–Crippen MR) is 77.1 cm³/mol. The number of hydrogen-bond acceptors (Lipinski definition) is 7. The normalized spacial score (nSPS) is 10.6. The van der Waals surface area contributed by atoms with Crippen LogP contribution >= 0.6 is 23.4 Å². The van der Waals surface area contributed by atoms with E-state index in [0.29, 0.717) is 21.7 Å². The van der Waals surface area contributed by atoms with Gasteiger partial charge in [-0.2, -0.15) is 15.3 Å². The molecule has 0 bridgehead atoms. The highest BCUT2D eigenvalue weighted by Crippen LogP contribution is 2.19. The second kappa shape index (κ2) is 6.79. The molecule has 3 N–H and O–H groups in total. The summed E-state index contributed by atoms with van der Waals surface area (Å²) >= 11 is 7.03. The topological polar surface area (TPSA) is 110 Å². The highest BCUT2D eigenvalue weighted by Gasteiger charge is 2.02. The van der Waals surface area contributed by atoms with E-state index >= 15 is 0 Å². The summed E-state index contributed by atoms with van der Waals surface area (Å²) in [6.07, 6.45) is 1.41. The van der Waals surface area contributed by atoms with Crippen LogP contribution in [0.4, 0.5) is 5.95 Å². The largest absolute Gasteiger partial charge is 0.507 e. The van der Waals surface area contributed by atoms with Gasteiger partial charge in [0.05, 0.1) is 18.0 Å². The van der Waals surface area contributed by atoms with E-state index in [9.17, 15) is 5.11 Å². The first kappa shape index (κ1) is 14.2. The van der Waals surface area contributed by atoms with Crippen LogP contribution in [0.5, 0.6) is 5.75 Å². The Kier molecular flexibility index (Phi) is 4.81. The number of nitrogens with one attached hydrogen (secondary N) is 2. The van der Waals surface area contributed by atoms with Gasteiger partial charge >= 0.3 is 0 Å². The van der Waals surface area contributed by atoms with Crippen LogP contribution in [0.15, 0.2) is 28.5 Å². The number of aromatic amines is 1. The molecule has 0 aliphatic carbocycles. The highest BCUT2D eigenvalue weighted by molar-refractivity contribution is 7.99. The molecular formula is C11H9ClN6OS. The minimum Gasteiger partial charge on any atom is -0.507 e. The lowest BCUT2D eigenvalue weighted by Crippen LogP contribution is -1.93. The van der Waals surface area contributed by atoms with Gasteiger partial charge < -0.3 is 5.11 Å². The van der Waals surface area contributed by atoms with Crippen molar-refractivity contribution in [1.29, 1.82) is 5.26 Å². The number of H-pyrrole nitrogens is 1. The fourth-order valence-corrected chi connectivity index (χ4v) is 1.89. The maximum Gasteiger partial charge on any atom is 0.240 e. The first-order valence-corrected chi connectivity index (χ1v) is 6.75. The van der Waals surface area contributed by atoms with Crippen LogP contribution in [0.2, 0.25) is 5.02 Å². The fourth-order valence-electron chi connectivity index (χ4n) is 1.25. The predicted octanol–water partition coefficient (Wildman–Crippen LogP) is 2.23. The van der Waals surface area contributed by atoms with Crippen molar-refractivity contribution in [3.63, 3.8) is 0 Å². The zero-order valence-electron chi connectivity index (χ0n) is 10.0. The molecule has 7 nitrogen and oxygen atoms in total. The third-order valence-corrected chi connectivity index (χ3v) is 3.04. The van der Waals surface area contributed by atoms with Crippen LogP contribution in [0.3, 0.4) is 0 Å². The van der Waals surface area contributed by atoms with Crippen molar-refractivity contribution >= 4 is 35.5 Å². The number of halogens is 1. The van der Waals surface area contributed by atoms with Gasteiger partial charge in [-0.15, -0.1) is 5.10 Å². The molecule has 0 atom stereocenters. The van der Waals surface area contributed by atoms with Crippen LogP contribution in [-0.2, 0) is 0 Å². The van der Waals surface area contributed by atoms with Gasteiger partial charge in [0.2, 0.25) is 11.1 Å². The van der Waals surface area contributed by atoms with E-state index in [-0.39, 0.29) is 11.5 Å². The van der Waals surface area contributed by atoms with Crippen LogP contribution in [0.25, 0.3) is 0 Å². The quantitative estimate of drug-likeness (QED) is 0.444. The Morgan fingerprint density at radius 3 is 3.25 bits per heavy atom. The molecule has 0 saturated carbocycles. The van der Waals surface area contributed by atoms with Crippen LogP contribution in [0.1, 0.15) is 5.56 Å². The van der Waals surface area contributed by atoms with Crippen molar-refractivity contribution < 1.29 is 5.11 Å². The van der Waals surface area contributed by atoms with Crippen molar-refractivity contribution in [2.24, 2.45) is 5.10 Å². The van der Waals surface area contributed by atoms with Crippen molar-refractivity contribution in [2.75, 3.05) is 11.2 Å². The zero-order valence-corrected chi connectivity index (χ0v) is 11.6. The van der Waals surface area contributed by atoms with Crippen molar-refractivity contribution in [1.82, 2.24) is 15.2 Å². The summed E-state index contributed by atoms with van der Waals surface area (Å²) in [6.45, 7) is 0. The van der Waals surface area contributed by atoms with E-state index in [1.165, 1.54) is 24.0 Å². The number of anilines is 1. The smallest absolute Gasteiger partial charge is 0.240 e. The van der Waals surface area contributed by atoms with Crippen molar-refractivity contribution in [3.05, 3.63) is 28.8 Å². The molecule has 1 aromatic carbocycles. The number of hydrogen-bond donors (Lipinski definition) is 3. The Labute approximate surface area is 123 Å². The molecule has 0 fully saturated rings. The minimum atomic E-state index is 0.0720. The lowest BCUT2D eigenvalue weighted by molar-refractivity contribution is 0.474. The van der Waals surface area contributed by atoms with E-state index in [4.69, 9.17) is 16.9 Å². The average Bonchev–Trinajstić information content (AvgIpc) is 2.88. The first-order chi connectivity index (χ1) is 9.69. The lowest BCUT2D eigenvalue weighted by Gasteiger charge is -1.98. The summed E-state index contributed by atoms with van der Waals surface area (Å²) in [6, 6.07) is 6.62. The van der Waals surface area contributed by atoms with Gasteiger partial charge in [0.1, 0.15) is 5.75 Å². The van der Waals surface area contributed by atoms with Gasteiger partial charge in [-0.1, -0.05) is 23.4 Å². The Bertz CT molecular complexity index is 665. The number of phenols is 1. The number of thioether (sulfide) groups is 1. The molecule has 0 aliphatic heterocycles. The van der Waals surface area contributed by atoms with Crippen LogP contribution < -0.4 is 5.43 Å². The monoisotopic (exact) mass is 308 g/mol. The third-order valence-electron chi connectivity index (χ3n) is 2.09. The van der Waals surface area contributed by atoms with E-state index in [1.54, 1.807) is 12.1 Å². The molecular weight excluding hydrogens is 300 g/mol. The molecule has 0 spiro atoms. The van der Waals surface area contributed by atoms with E-state index < -0.39 is 0 Å². The molecule has 0 unspecified atom stereocenters. The highest BCUT2D eigenvalue weighted by atomic mass is 35.5. The maximum atomic E-state index is 9.59. The molecule has 0 aliphatic rings. The minimum absolute atomic E-state index is 0.0720. The summed E-state index contributed by atoms with van der Waals surface area (Å²) in [4.78, 5) is 4.05. The molecule has 0 amide bonds. The van der Waals surface area contributed by atoms with Crippen LogP contribution in [-0.4, -0.2) is 32.3 Å². The zero-order chi connectivity index (χ0) is 14.4. The molecule has 2 aromatic rings. The number of aromatic nitrogens is 3. The molecule has 102 valence electrons. The van der Waals surface area contributed by atoms with Gasteiger partial charge in [0.25, 0.3) is 0 Å². The Morgan fingerprint density at radius 2 is 2.45 bits per heavy atom. The van der Waals surface area contributed by atoms with E-state index in [0.717, 1.165) is 0 Å². The number of nitriles is 1. The van der Waals surface area contributed by atoms with E-state index in [2.05, 4.69) is 25.7 Å². The number of nitrogens with zero attached hydrogens (tertiary/aromatic N) is 4. The molecule has 9 heteroatoms.